The van der Waals surface area contributed by atoms with E-state index >= 15 is 0 Å². The van der Waals surface area contributed by atoms with Gasteiger partial charge in [0, 0.05) is 10.8 Å². The third-order valence-electron chi connectivity index (χ3n) is 2.79. The Morgan fingerprint density at radius 3 is 2.12 bits per heavy atom. The molecule has 3 aliphatic rings. The summed E-state index contributed by atoms with van der Waals surface area (Å²) in [4.78, 5) is -0.955. The number of hydrogen-bond donors (Lipinski definition) is 0. The molecular formula is C9H14Cl3O4P. The van der Waals surface area contributed by atoms with Crippen molar-refractivity contribution in [3.8, 4) is 0 Å². The monoisotopic (exact) mass is 322 g/mol. The lowest BCUT2D eigenvalue weighted by Gasteiger charge is -2.61. The van der Waals surface area contributed by atoms with Gasteiger partial charge in [0.05, 0.1) is 0 Å². The molecule has 0 N–H and O–H groups in total. The molecule has 3 heterocycles. The van der Waals surface area contributed by atoms with Crippen molar-refractivity contribution in [3.05, 3.63) is 0 Å². The zero-order chi connectivity index (χ0) is 12.9. The lowest BCUT2D eigenvalue weighted by atomic mass is 9.93. The molecule has 17 heavy (non-hydrogen) atoms. The maximum Gasteiger partial charge on any atom is 0.488 e. The highest BCUT2D eigenvalue weighted by Crippen LogP contribution is 2.84. The Bertz CT molecular complexity index is 336. The molecule has 3 atom stereocenters. The van der Waals surface area contributed by atoms with Gasteiger partial charge in [-0.05, 0) is 33.1 Å². The number of phosphoric ester groups is 1. The van der Waals surface area contributed by atoms with Gasteiger partial charge in [-0.25, -0.2) is 18.1 Å². The van der Waals surface area contributed by atoms with E-state index in [1.807, 2.05) is 13.8 Å². The molecule has 3 saturated heterocycles. The fourth-order valence-corrected chi connectivity index (χ4v) is 4.48. The SMILES string of the molecule is CC(Cl)CCC(Cl)(CC(C)Cl)C12OP(=O)(O1)O2. The van der Waals surface area contributed by atoms with Crippen LogP contribution in [0.3, 0.4) is 0 Å². The molecule has 0 aromatic heterocycles. The van der Waals surface area contributed by atoms with Crippen molar-refractivity contribution in [1.29, 1.82) is 0 Å². The van der Waals surface area contributed by atoms with E-state index in [9.17, 15) is 4.57 Å². The van der Waals surface area contributed by atoms with Gasteiger partial charge in [0.15, 0.2) is 0 Å². The summed E-state index contributed by atoms with van der Waals surface area (Å²) in [6.45, 7) is 3.69. The molecule has 0 spiro atoms. The maximum absolute atomic E-state index is 11.2. The second-order valence-corrected chi connectivity index (χ2v) is 8.20. The van der Waals surface area contributed by atoms with Crippen molar-refractivity contribution in [1.82, 2.24) is 0 Å². The molecule has 3 rings (SSSR count). The van der Waals surface area contributed by atoms with Gasteiger partial charge in [0.1, 0.15) is 4.87 Å². The first kappa shape index (κ1) is 14.4. The molecule has 100 valence electrons. The third kappa shape index (κ3) is 2.51. The van der Waals surface area contributed by atoms with Crippen molar-refractivity contribution in [2.45, 2.75) is 54.7 Å². The highest BCUT2D eigenvalue weighted by molar-refractivity contribution is 7.51. The largest absolute Gasteiger partial charge is 0.488 e. The molecule has 4 nitrogen and oxygen atoms in total. The highest BCUT2D eigenvalue weighted by atomic mass is 35.5. The van der Waals surface area contributed by atoms with Crippen LogP contribution in [0.4, 0.5) is 0 Å². The molecule has 0 aromatic rings. The van der Waals surface area contributed by atoms with Gasteiger partial charge < -0.3 is 0 Å². The maximum atomic E-state index is 11.2. The smallest absolute Gasteiger partial charge is 0.227 e. The Labute approximate surface area is 115 Å². The van der Waals surface area contributed by atoms with Crippen LogP contribution in [-0.2, 0) is 18.1 Å². The van der Waals surface area contributed by atoms with E-state index in [1.165, 1.54) is 0 Å². The van der Waals surface area contributed by atoms with Crippen molar-refractivity contribution < 1.29 is 18.1 Å². The minimum absolute atomic E-state index is 0.0258. The summed E-state index contributed by atoms with van der Waals surface area (Å²) < 4.78 is 26.5. The van der Waals surface area contributed by atoms with Crippen LogP contribution in [0.2, 0.25) is 0 Å². The normalized spacial score (nSPS) is 41.9. The summed E-state index contributed by atoms with van der Waals surface area (Å²) in [5, 5.41) is -0.203. The Kier molecular flexibility index (Phi) is 3.82. The lowest BCUT2D eigenvalue weighted by Crippen LogP contribution is -2.69. The van der Waals surface area contributed by atoms with Gasteiger partial charge in [0.25, 0.3) is 0 Å². The molecule has 0 aliphatic carbocycles. The third-order valence-corrected chi connectivity index (χ3v) is 5.13. The fraction of sp³-hybridized carbons (Fsp3) is 1.00. The molecule has 2 bridgehead atoms. The van der Waals surface area contributed by atoms with E-state index in [1.54, 1.807) is 0 Å². The number of alkyl halides is 3. The number of phosphoric acid groups is 1. The van der Waals surface area contributed by atoms with Crippen molar-refractivity contribution in [2.24, 2.45) is 0 Å². The Morgan fingerprint density at radius 2 is 1.76 bits per heavy atom. The summed E-state index contributed by atoms with van der Waals surface area (Å²) in [7, 11) is -3.24. The van der Waals surface area contributed by atoms with Gasteiger partial charge in [0.2, 0.25) is 0 Å². The average molecular weight is 324 g/mol. The van der Waals surface area contributed by atoms with Crippen LogP contribution in [0.15, 0.2) is 0 Å². The van der Waals surface area contributed by atoms with Crippen LogP contribution in [0, 0.1) is 0 Å². The Hall–Kier alpha value is 0.980. The topological polar surface area (TPSA) is 44.8 Å². The Balaban J connectivity index is 2.05. The molecule has 3 fully saturated rings. The van der Waals surface area contributed by atoms with Gasteiger partial charge in [-0.3, -0.25) is 0 Å². The Morgan fingerprint density at radius 1 is 1.24 bits per heavy atom. The van der Waals surface area contributed by atoms with Crippen LogP contribution in [-0.4, -0.2) is 21.6 Å². The van der Waals surface area contributed by atoms with Crippen LogP contribution in [0.5, 0.6) is 0 Å². The molecule has 3 unspecified atom stereocenters. The average Bonchev–Trinajstić information content (AvgIpc) is 2.07. The summed E-state index contributed by atoms with van der Waals surface area (Å²) in [5.41, 5.74) is 0. The van der Waals surface area contributed by atoms with E-state index in [0.717, 1.165) is 0 Å². The first-order chi connectivity index (χ1) is 7.70. The van der Waals surface area contributed by atoms with Gasteiger partial charge in [-0.2, -0.15) is 0 Å². The lowest BCUT2D eigenvalue weighted by molar-refractivity contribution is -0.445. The van der Waals surface area contributed by atoms with E-state index < -0.39 is 18.7 Å². The van der Waals surface area contributed by atoms with Crippen LogP contribution in [0.1, 0.15) is 33.1 Å². The summed E-state index contributed by atoms with van der Waals surface area (Å²) in [5.74, 6) is -1.39. The minimum atomic E-state index is -3.24. The summed E-state index contributed by atoms with van der Waals surface area (Å²) in [6.07, 6.45) is 1.59. The predicted molar refractivity (Wildman–Crippen MR) is 66.7 cm³/mol. The zero-order valence-corrected chi connectivity index (χ0v) is 12.7. The fourth-order valence-electron chi connectivity index (χ4n) is 1.96. The molecule has 0 radical (unpaired) electrons. The van der Waals surface area contributed by atoms with Crippen LogP contribution >= 0.6 is 42.6 Å². The van der Waals surface area contributed by atoms with Crippen molar-refractivity contribution in [2.75, 3.05) is 0 Å². The first-order valence-corrected chi connectivity index (χ1v) is 8.11. The number of hydrogen-bond acceptors (Lipinski definition) is 4. The van der Waals surface area contributed by atoms with E-state index in [2.05, 4.69) is 0 Å². The minimum Gasteiger partial charge on any atom is -0.227 e. The van der Waals surface area contributed by atoms with Crippen LogP contribution < -0.4 is 0 Å². The number of rotatable bonds is 6. The molecular weight excluding hydrogens is 309 g/mol. The second-order valence-electron chi connectivity index (χ2n) is 4.55. The number of halogens is 3. The second kappa shape index (κ2) is 4.52. The van der Waals surface area contributed by atoms with Gasteiger partial charge >= 0.3 is 13.8 Å². The van der Waals surface area contributed by atoms with Crippen molar-refractivity contribution >= 4 is 42.6 Å². The van der Waals surface area contributed by atoms with Gasteiger partial charge in [-0.1, -0.05) is 0 Å². The van der Waals surface area contributed by atoms with Gasteiger partial charge in [-0.15, -0.1) is 34.8 Å². The molecule has 3 aliphatic heterocycles. The van der Waals surface area contributed by atoms with E-state index in [4.69, 9.17) is 48.4 Å². The van der Waals surface area contributed by atoms with Crippen molar-refractivity contribution in [3.63, 3.8) is 0 Å². The standard InChI is InChI=1S/C9H14Cl3O4P/c1-6(10)3-4-8(12,5-7(2)11)9-14-17(13,15-9)16-9/h6-7H,3-5H2,1-2H3. The molecule has 0 saturated carbocycles. The predicted octanol–water partition coefficient (Wildman–Crippen LogP) is 4.23. The van der Waals surface area contributed by atoms with E-state index in [-0.39, 0.29) is 10.8 Å². The zero-order valence-electron chi connectivity index (χ0n) is 9.49. The molecule has 0 aromatic carbocycles. The van der Waals surface area contributed by atoms with Crippen LogP contribution in [0.25, 0.3) is 0 Å². The summed E-state index contributed by atoms with van der Waals surface area (Å²) in [6, 6.07) is 0. The first-order valence-electron chi connectivity index (χ1n) is 5.40. The molecule has 0 amide bonds. The summed E-state index contributed by atoms with van der Waals surface area (Å²) >= 11 is 18.3. The molecule has 8 heteroatoms. The van der Waals surface area contributed by atoms with E-state index in [0.29, 0.717) is 19.3 Å². The highest BCUT2D eigenvalue weighted by Gasteiger charge is 2.82. The quantitative estimate of drug-likeness (QED) is 0.542.